The van der Waals surface area contributed by atoms with Crippen molar-refractivity contribution in [1.82, 2.24) is 0 Å². The lowest BCUT2D eigenvalue weighted by Gasteiger charge is -2.28. The summed E-state index contributed by atoms with van der Waals surface area (Å²) < 4.78 is 0. The fraction of sp³-hybridized carbons (Fsp3) is 0.941. The van der Waals surface area contributed by atoms with Gasteiger partial charge in [-0.05, 0) is 18.8 Å². The maximum absolute atomic E-state index is 11.2. The van der Waals surface area contributed by atoms with Gasteiger partial charge in [-0.15, -0.1) is 0 Å². The van der Waals surface area contributed by atoms with Gasteiger partial charge >= 0.3 is 5.97 Å². The Kier molecular flexibility index (Phi) is 8.94. The molecule has 0 spiro atoms. The predicted octanol–water partition coefficient (Wildman–Crippen LogP) is 5.41. The average molecular weight is 268 g/mol. The summed E-state index contributed by atoms with van der Waals surface area (Å²) in [5.74, 6) is 0.0929. The standard InChI is InChI=1S/C17H32O2/c1-2-3-4-5-6-7-8-9-13-16(17(18)19)14-15-11-10-12-15/h15-16H,2-14H2,1H3,(H,18,19). The molecule has 1 atom stereocenters. The fourth-order valence-electron chi connectivity index (χ4n) is 3.00. The van der Waals surface area contributed by atoms with Crippen molar-refractivity contribution in [3.63, 3.8) is 0 Å². The van der Waals surface area contributed by atoms with Gasteiger partial charge in [-0.3, -0.25) is 4.79 Å². The van der Waals surface area contributed by atoms with Crippen molar-refractivity contribution in [2.24, 2.45) is 11.8 Å². The number of hydrogen-bond donors (Lipinski definition) is 1. The van der Waals surface area contributed by atoms with E-state index < -0.39 is 5.97 Å². The van der Waals surface area contributed by atoms with Gasteiger partial charge in [0, 0.05) is 0 Å². The smallest absolute Gasteiger partial charge is 0.306 e. The van der Waals surface area contributed by atoms with Crippen LogP contribution in [0.25, 0.3) is 0 Å². The second-order valence-corrected chi connectivity index (χ2v) is 6.33. The Hall–Kier alpha value is -0.530. The van der Waals surface area contributed by atoms with Gasteiger partial charge in [0.2, 0.25) is 0 Å². The van der Waals surface area contributed by atoms with Gasteiger partial charge < -0.3 is 5.11 Å². The Bertz CT molecular complexity index is 233. The highest BCUT2D eigenvalue weighted by molar-refractivity contribution is 5.69. The fourth-order valence-corrected chi connectivity index (χ4v) is 3.00. The molecule has 0 aromatic rings. The van der Waals surface area contributed by atoms with E-state index in [2.05, 4.69) is 6.92 Å². The number of carboxylic acids is 1. The van der Waals surface area contributed by atoms with E-state index in [4.69, 9.17) is 0 Å². The van der Waals surface area contributed by atoms with E-state index in [-0.39, 0.29) is 5.92 Å². The summed E-state index contributed by atoms with van der Waals surface area (Å²) in [7, 11) is 0. The summed E-state index contributed by atoms with van der Waals surface area (Å²) in [5, 5.41) is 9.24. The molecule has 0 aliphatic heterocycles. The Balaban J connectivity index is 1.97. The third-order valence-electron chi connectivity index (χ3n) is 4.60. The molecule has 1 fully saturated rings. The van der Waals surface area contributed by atoms with Crippen LogP contribution in [-0.2, 0) is 4.79 Å². The van der Waals surface area contributed by atoms with Gasteiger partial charge in [0.15, 0.2) is 0 Å². The monoisotopic (exact) mass is 268 g/mol. The molecular weight excluding hydrogens is 236 g/mol. The first-order valence-corrected chi connectivity index (χ1v) is 8.46. The second-order valence-electron chi connectivity index (χ2n) is 6.33. The van der Waals surface area contributed by atoms with Crippen LogP contribution in [0.4, 0.5) is 0 Å². The minimum absolute atomic E-state index is 0.0645. The van der Waals surface area contributed by atoms with Crippen LogP contribution in [0.15, 0.2) is 0 Å². The lowest BCUT2D eigenvalue weighted by atomic mass is 9.78. The van der Waals surface area contributed by atoms with Crippen molar-refractivity contribution < 1.29 is 9.90 Å². The Morgan fingerprint density at radius 3 is 2.11 bits per heavy atom. The molecule has 0 radical (unpaired) electrons. The van der Waals surface area contributed by atoms with E-state index in [0.29, 0.717) is 0 Å². The molecule has 1 saturated carbocycles. The number of carboxylic acid groups (broad SMARTS) is 1. The zero-order valence-electron chi connectivity index (χ0n) is 12.7. The zero-order chi connectivity index (χ0) is 13.9. The van der Waals surface area contributed by atoms with Crippen LogP contribution >= 0.6 is 0 Å². The first kappa shape index (κ1) is 16.5. The molecule has 0 saturated heterocycles. The minimum atomic E-state index is -0.560. The van der Waals surface area contributed by atoms with Gasteiger partial charge in [0.05, 0.1) is 5.92 Å². The van der Waals surface area contributed by atoms with Gasteiger partial charge in [-0.1, -0.05) is 77.6 Å². The van der Waals surface area contributed by atoms with Gasteiger partial charge in [0.25, 0.3) is 0 Å². The first-order valence-electron chi connectivity index (χ1n) is 8.46. The van der Waals surface area contributed by atoms with Crippen molar-refractivity contribution >= 4 is 5.97 Å². The quantitative estimate of drug-likeness (QED) is 0.481. The number of rotatable bonds is 12. The van der Waals surface area contributed by atoms with Gasteiger partial charge in [0.1, 0.15) is 0 Å². The number of unbranched alkanes of at least 4 members (excludes halogenated alkanes) is 7. The lowest BCUT2D eigenvalue weighted by Crippen LogP contribution is -2.21. The van der Waals surface area contributed by atoms with Crippen molar-refractivity contribution in [3.8, 4) is 0 Å². The molecule has 1 aliphatic rings. The number of hydrogen-bond acceptors (Lipinski definition) is 1. The second kappa shape index (κ2) is 10.3. The Labute approximate surface area is 119 Å². The van der Waals surface area contributed by atoms with Gasteiger partial charge in [-0.25, -0.2) is 0 Å². The van der Waals surface area contributed by atoms with Crippen molar-refractivity contribution in [3.05, 3.63) is 0 Å². The Morgan fingerprint density at radius 2 is 1.63 bits per heavy atom. The van der Waals surface area contributed by atoms with Crippen LogP contribution in [0.3, 0.4) is 0 Å². The number of aliphatic carboxylic acids is 1. The van der Waals surface area contributed by atoms with Crippen molar-refractivity contribution in [1.29, 1.82) is 0 Å². The van der Waals surface area contributed by atoms with Gasteiger partial charge in [-0.2, -0.15) is 0 Å². The molecule has 1 unspecified atom stereocenters. The van der Waals surface area contributed by atoms with E-state index in [1.54, 1.807) is 0 Å². The molecule has 2 heteroatoms. The molecule has 112 valence electrons. The molecule has 0 heterocycles. The van der Waals surface area contributed by atoms with Crippen LogP contribution in [0, 0.1) is 11.8 Å². The average Bonchev–Trinajstić information content (AvgIpc) is 2.33. The molecule has 1 rings (SSSR count). The zero-order valence-corrected chi connectivity index (χ0v) is 12.7. The minimum Gasteiger partial charge on any atom is -0.481 e. The van der Waals surface area contributed by atoms with Crippen LogP contribution in [0.2, 0.25) is 0 Å². The highest BCUT2D eigenvalue weighted by atomic mass is 16.4. The predicted molar refractivity (Wildman–Crippen MR) is 80.3 cm³/mol. The lowest BCUT2D eigenvalue weighted by molar-refractivity contribution is -0.142. The normalized spacial score (nSPS) is 17.1. The molecule has 2 nitrogen and oxygen atoms in total. The van der Waals surface area contributed by atoms with E-state index in [0.717, 1.165) is 25.2 Å². The SMILES string of the molecule is CCCCCCCCCCC(CC1CCC1)C(=O)O. The van der Waals surface area contributed by atoms with E-state index in [9.17, 15) is 9.90 Å². The van der Waals surface area contributed by atoms with Crippen LogP contribution < -0.4 is 0 Å². The summed E-state index contributed by atoms with van der Waals surface area (Å²) in [6.45, 7) is 2.24. The maximum atomic E-state index is 11.2. The molecule has 0 aromatic heterocycles. The largest absolute Gasteiger partial charge is 0.481 e. The molecule has 19 heavy (non-hydrogen) atoms. The Morgan fingerprint density at radius 1 is 1.05 bits per heavy atom. The molecule has 0 amide bonds. The summed E-state index contributed by atoms with van der Waals surface area (Å²) in [6, 6.07) is 0. The molecule has 1 N–H and O–H groups in total. The highest BCUT2D eigenvalue weighted by Crippen LogP contribution is 2.33. The number of carbonyl (C=O) groups is 1. The maximum Gasteiger partial charge on any atom is 0.306 e. The molecular formula is C17H32O2. The molecule has 1 aliphatic carbocycles. The van der Waals surface area contributed by atoms with Crippen molar-refractivity contribution in [2.45, 2.75) is 90.4 Å². The first-order chi connectivity index (χ1) is 9.24. The van der Waals surface area contributed by atoms with Crippen LogP contribution in [0.1, 0.15) is 90.4 Å². The van der Waals surface area contributed by atoms with E-state index in [1.807, 2.05) is 0 Å². The third kappa shape index (κ3) is 7.59. The third-order valence-corrected chi connectivity index (χ3v) is 4.60. The summed E-state index contributed by atoms with van der Waals surface area (Å²) in [6.07, 6.45) is 16.0. The molecule has 0 bridgehead atoms. The summed E-state index contributed by atoms with van der Waals surface area (Å²) >= 11 is 0. The van der Waals surface area contributed by atoms with E-state index in [1.165, 1.54) is 64.2 Å². The summed E-state index contributed by atoms with van der Waals surface area (Å²) in [5.41, 5.74) is 0. The van der Waals surface area contributed by atoms with E-state index >= 15 is 0 Å². The van der Waals surface area contributed by atoms with Crippen molar-refractivity contribution in [2.75, 3.05) is 0 Å². The van der Waals surface area contributed by atoms with Crippen LogP contribution in [-0.4, -0.2) is 11.1 Å². The highest BCUT2D eigenvalue weighted by Gasteiger charge is 2.25. The topological polar surface area (TPSA) is 37.3 Å². The van der Waals surface area contributed by atoms with Crippen LogP contribution in [0.5, 0.6) is 0 Å². The molecule has 0 aromatic carbocycles. The summed E-state index contributed by atoms with van der Waals surface area (Å²) in [4.78, 5) is 11.2.